The molecule has 3 rings (SSSR count). The van der Waals surface area contributed by atoms with Gasteiger partial charge in [0, 0.05) is 19.1 Å². The molecular formula is C13H22N4O2S. The molecule has 0 unspecified atom stereocenters. The Balaban J connectivity index is 1.66. The molecule has 1 heterocycles. The van der Waals surface area contributed by atoms with Gasteiger partial charge in [0.2, 0.25) is 10.0 Å². The number of hydrogen-bond donors (Lipinski definition) is 3. The third-order valence-electron chi connectivity index (χ3n) is 3.91. The van der Waals surface area contributed by atoms with Crippen LogP contribution in [0.5, 0.6) is 0 Å². The molecule has 2 aliphatic rings. The number of H-pyrrole nitrogens is 1. The summed E-state index contributed by atoms with van der Waals surface area (Å²) >= 11 is 0. The molecule has 20 heavy (non-hydrogen) atoms. The quantitative estimate of drug-likeness (QED) is 0.669. The van der Waals surface area contributed by atoms with Gasteiger partial charge in [-0.15, -0.1) is 0 Å². The molecule has 112 valence electrons. The Morgan fingerprint density at radius 1 is 1.30 bits per heavy atom. The first-order valence-electron chi connectivity index (χ1n) is 7.33. The summed E-state index contributed by atoms with van der Waals surface area (Å²) in [5.41, 5.74) is 1.20. The van der Waals surface area contributed by atoms with Gasteiger partial charge in [0.1, 0.15) is 4.90 Å². The van der Waals surface area contributed by atoms with E-state index in [4.69, 9.17) is 0 Å². The Morgan fingerprint density at radius 3 is 2.70 bits per heavy atom. The van der Waals surface area contributed by atoms with E-state index in [1.807, 2.05) is 0 Å². The second-order valence-corrected chi connectivity index (χ2v) is 7.61. The molecule has 0 saturated heterocycles. The monoisotopic (exact) mass is 298 g/mol. The summed E-state index contributed by atoms with van der Waals surface area (Å²) in [5, 5.41) is 10.2. The summed E-state index contributed by atoms with van der Waals surface area (Å²) in [7, 11) is -3.46. The van der Waals surface area contributed by atoms with Gasteiger partial charge in [-0.1, -0.05) is 12.8 Å². The average molecular weight is 298 g/mol. The summed E-state index contributed by atoms with van der Waals surface area (Å²) in [6.07, 6.45) is 5.76. The van der Waals surface area contributed by atoms with Gasteiger partial charge in [-0.05, 0) is 32.1 Å². The van der Waals surface area contributed by atoms with Crippen molar-refractivity contribution in [2.45, 2.75) is 56.5 Å². The summed E-state index contributed by atoms with van der Waals surface area (Å²) in [6, 6.07) is 0.533. The highest BCUT2D eigenvalue weighted by Crippen LogP contribution is 2.32. The Morgan fingerprint density at radius 2 is 2.05 bits per heavy atom. The summed E-state index contributed by atoms with van der Waals surface area (Å²) in [4.78, 5) is 0.321. The van der Waals surface area contributed by atoms with E-state index in [0.29, 0.717) is 35.4 Å². The van der Waals surface area contributed by atoms with Gasteiger partial charge >= 0.3 is 0 Å². The normalized spacial score (nSPS) is 19.4. The predicted molar refractivity (Wildman–Crippen MR) is 75.7 cm³/mol. The molecule has 0 atom stereocenters. The lowest BCUT2D eigenvalue weighted by molar-refractivity contribution is 0.571. The van der Waals surface area contributed by atoms with Crippen LogP contribution in [0.25, 0.3) is 0 Å². The second kappa shape index (κ2) is 5.46. The maximum Gasteiger partial charge on any atom is 0.244 e. The van der Waals surface area contributed by atoms with Crippen LogP contribution in [0.2, 0.25) is 0 Å². The van der Waals surface area contributed by atoms with Gasteiger partial charge in [-0.3, -0.25) is 5.10 Å². The van der Waals surface area contributed by atoms with Crippen LogP contribution in [-0.2, 0) is 16.6 Å². The van der Waals surface area contributed by atoms with Crippen molar-refractivity contribution < 1.29 is 8.42 Å². The third kappa shape index (κ3) is 3.39. The van der Waals surface area contributed by atoms with Crippen LogP contribution in [-0.4, -0.2) is 31.2 Å². The van der Waals surface area contributed by atoms with Crippen molar-refractivity contribution in [3.05, 3.63) is 11.4 Å². The minimum absolute atomic E-state index is 0.321. The van der Waals surface area contributed by atoms with E-state index in [1.165, 1.54) is 25.7 Å². The Kier molecular flexibility index (Phi) is 3.83. The van der Waals surface area contributed by atoms with E-state index in [0.717, 1.165) is 12.3 Å². The lowest BCUT2D eigenvalue weighted by atomic mass is 10.3. The predicted octanol–water partition coefficient (Wildman–Crippen LogP) is 1.05. The minimum atomic E-state index is -3.46. The van der Waals surface area contributed by atoms with Crippen molar-refractivity contribution in [2.24, 2.45) is 5.92 Å². The Bertz CT molecular complexity index is 573. The zero-order valence-corrected chi connectivity index (χ0v) is 12.6. The fraction of sp³-hybridized carbons (Fsp3) is 0.769. The summed E-state index contributed by atoms with van der Waals surface area (Å²) < 4.78 is 27.5. The summed E-state index contributed by atoms with van der Waals surface area (Å²) in [6.45, 7) is 2.78. The Hall–Kier alpha value is -0.920. The van der Waals surface area contributed by atoms with Crippen molar-refractivity contribution in [1.29, 1.82) is 0 Å². The maximum atomic E-state index is 12.4. The van der Waals surface area contributed by atoms with Crippen LogP contribution >= 0.6 is 0 Å². The minimum Gasteiger partial charge on any atom is -0.308 e. The van der Waals surface area contributed by atoms with Crippen LogP contribution in [0.4, 0.5) is 0 Å². The van der Waals surface area contributed by atoms with Crippen LogP contribution in [0.3, 0.4) is 0 Å². The number of sulfonamides is 1. The van der Waals surface area contributed by atoms with E-state index in [1.54, 1.807) is 6.92 Å². The van der Waals surface area contributed by atoms with Crippen LogP contribution in [0.1, 0.15) is 43.5 Å². The highest BCUT2D eigenvalue weighted by molar-refractivity contribution is 7.89. The highest BCUT2D eigenvalue weighted by atomic mass is 32.2. The lowest BCUT2D eigenvalue weighted by Gasteiger charge is -2.08. The third-order valence-corrected chi connectivity index (χ3v) is 5.57. The molecule has 0 spiro atoms. The van der Waals surface area contributed by atoms with E-state index in [2.05, 4.69) is 20.2 Å². The fourth-order valence-electron chi connectivity index (χ4n) is 2.35. The van der Waals surface area contributed by atoms with Crippen molar-refractivity contribution in [3.63, 3.8) is 0 Å². The number of aromatic nitrogens is 2. The maximum absolute atomic E-state index is 12.4. The average Bonchev–Trinajstić information content (AvgIpc) is 3.28. The fourth-order valence-corrected chi connectivity index (χ4v) is 3.76. The molecule has 6 nitrogen and oxygen atoms in total. The molecule has 0 amide bonds. The van der Waals surface area contributed by atoms with E-state index in [-0.39, 0.29) is 0 Å². The lowest BCUT2D eigenvalue weighted by Crippen LogP contribution is -2.27. The van der Waals surface area contributed by atoms with Gasteiger partial charge in [-0.25, -0.2) is 13.1 Å². The van der Waals surface area contributed by atoms with Gasteiger partial charge in [0.05, 0.1) is 11.4 Å². The second-order valence-electron chi connectivity index (χ2n) is 5.91. The van der Waals surface area contributed by atoms with Crippen molar-refractivity contribution in [3.8, 4) is 0 Å². The van der Waals surface area contributed by atoms with Gasteiger partial charge in [0.15, 0.2) is 0 Å². The smallest absolute Gasteiger partial charge is 0.244 e. The first kappa shape index (κ1) is 14.0. The SMILES string of the molecule is Cc1[nH]nc(CNC2CC2)c1S(=O)(=O)NCCC1CC1. The number of hydrogen-bond acceptors (Lipinski definition) is 4. The molecular weight excluding hydrogens is 276 g/mol. The molecule has 7 heteroatoms. The standard InChI is InChI=1S/C13H22N4O2S/c1-9-13(12(17-16-9)8-14-11-4-5-11)20(18,19)15-7-6-10-2-3-10/h10-11,14-15H,2-8H2,1H3,(H,16,17). The number of aromatic amines is 1. The number of nitrogens with one attached hydrogen (secondary N) is 3. The molecule has 1 aromatic heterocycles. The van der Waals surface area contributed by atoms with Gasteiger partial charge in [0.25, 0.3) is 0 Å². The molecule has 2 aliphatic carbocycles. The topological polar surface area (TPSA) is 86.9 Å². The molecule has 0 aromatic carbocycles. The van der Waals surface area contributed by atoms with Crippen molar-refractivity contribution in [1.82, 2.24) is 20.2 Å². The van der Waals surface area contributed by atoms with Crippen molar-refractivity contribution in [2.75, 3.05) is 6.54 Å². The first-order chi connectivity index (χ1) is 9.56. The molecule has 3 N–H and O–H groups in total. The van der Waals surface area contributed by atoms with Gasteiger partial charge in [-0.2, -0.15) is 5.10 Å². The van der Waals surface area contributed by atoms with E-state index < -0.39 is 10.0 Å². The molecule has 0 radical (unpaired) electrons. The number of aryl methyl sites for hydroxylation is 1. The van der Waals surface area contributed by atoms with Gasteiger partial charge < -0.3 is 5.32 Å². The largest absolute Gasteiger partial charge is 0.308 e. The van der Waals surface area contributed by atoms with Crippen LogP contribution in [0, 0.1) is 12.8 Å². The zero-order chi connectivity index (χ0) is 14.2. The van der Waals surface area contributed by atoms with Crippen LogP contribution < -0.4 is 10.0 Å². The van der Waals surface area contributed by atoms with Crippen molar-refractivity contribution >= 4 is 10.0 Å². The molecule has 0 bridgehead atoms. The molecule has 2 fully saturated rings. The summed E-state index contributed by atoms with van der Waals surface area (Å²) in [5.74, 6) is 0.721. The Labute approximate surface area is 119 Å². The highest BCUT2D eigenvalue weighted by Gasteiger charge is 2.27. The van der Waals surface area contributed by atoms with E-state index >= 15 is 0 Å². The number of nitrogens with zero attached hydrogens (tertiary/aromatic N) is 1. The molecule has 0 aliphatic heterocycles. The molecule has 2 saturated carbocycles. The van der Waals surface area contributed by atoms with Crippen LogP contribution in [0.15, 0.2) is 4.90 Å². The number of rotatable bonds is 8. The zero-order valence-electron chi connectivity index (χ0n) is 11.8. The van der Waals surface area contributed by atoms with E-state index in [9.17, 15) is 8.42 Å². The first-order valence-corrected chi connectivity index (χ1v) is 8.81. The molecule has 1 aromatic rings.